The number of carbonyl (C=O) groups is 2. The highest BCUT2D eigenvalue weighted by molar-refractivity contribution is 7.98. The Labute approximate surface area is 175 Å². The maximum absolute atomic E-state index is 12.6. The summed E-state index contributed by atoms with van der Waals surface area (Å²) in [4.78, 5) is 26.5. The van der Waals surface area contributed by atoms with E-state index in [-0.39, 0.29) is 0 Å². The number of ether oxygens (including phenoxy) is 3. The van der Waals surface area contributed by atoms with Crippen LogP contribution >= 0.6 is 11.8 Å². The first-order valence-corrected chi connectivity index (χ1v) is 10.7. The highest BCUT2D eigenvalue weighted by Gasteiger charge is 2.18. The number of nitrogens with two attached hydrogens (primary N) is 1. The third-order valence-corrected chi connectivity index (χ3v) is 5.08. The summed E-state index contributed by atoms with van der Waals surface area (Å²) in [5, 5.41) is 0.945. The van der Waals surface area contributed by atoms with E-state index in [4.69, 9.17) is 19.9 Å². The summed E-state index contributed by atoms with van der Waals surface area (Å²) in [6.07, 6.45) is 4.33. The number of rotatable bonds is 10. The number of hydrogen-bond acceptors (Lipinski definition) is 8. The van der Waals surface area contributed by atoms with Gasteiger partial charge in [-0.1, -0.05) is 0 Å². The zero-order chi connectivity index (χ0) is 21.4. The molecule has 1 unspecified atom stereocenters. The first kappa shape index (κ1) is 23.1. The molecule has 2 aromatic rings. The fourth-order valence-electron chi connectivity index (χ4n) is 2.78. The molecule has 0 spiro atoms. The van der Waals surface area contributed by atoms with Crippen LogP contribution in [0.5, 0.6) is 5.75 Å². The van der Waals surface area contributed by atoms with Crippen molar-refractivity contribution in [2.75, 3.05) is 46.6 Å². The third-order valence-electron chi connectivity index (χ3n) is 4.44. The molecule has 1 aromatic heterocycles. The van der Waals surface area contributed by atoms with E-state index in [2.05, 4.69) is 4.90 Å². The largest absolute Gasteiger partial charge is 0.497 e. The summed E-state index contributed by atoms with van der Waals surface area (Å²) in [6.45, 7) is 0.354. The van der Waals surface area contributed by atoms with Crippen LogP contribution in [-0.2, 0) is 20.7 Å². The van der Waals surface area contributed by atoms with Gasteiger partial charge in [-0.3, -0.25) is 9.36 Å². The van der Waals surface area contributed by atoms with Gasteiger partial charge in [0, 0.05) is 24.2 Å². The van der Waals surface area contributed by atoms with E-state index in [1.165, 1.54) is 4.57 Å². The highest BCUT2D eigenvalue weighted by Crippen LogP contribution is 2.26. The van der Waals surface area contributed by atoms with Crippen LogP contribution in [0, 0.1) is 0 Å². The number of hydrogen-bond donors (Lipinski definition) is 1. The van der Waals surface area contributed by atoms with Crippen LogP contribution in [0.1, 0.15) is 12.0 Å². The summed E-state index contributed by atoms with van der Waals surface area (Å²) in [6, 6.07) is 4.83. The summed E-state index contributed by atoms with van der Waals surface area (Å²) in [5.74, 6) is 0.802. The molecule has 29 heavy (non-hydrogen) atoms. The van der Waals surface area contributed by atoms with Crippen LogP contribution in [0.25, 0.3) is 10.9 Å². The molecule has 0 aliphatic carbocycles. The van der Waals surface area contributed by atoms with Gasteiger partial charge in [-0.15, -0.1) is 0 Å². The summed E-state index contributed by atoms with van der Waals surface area (Å²) in [7, 11) is 5.56. The normalized spacial score (nSPS) is 12.2. The van der Waals surface area contributed by atoms with Gasteiger partial charge < -0.3 is 24.8 Å². The molecule has 1 heterocycles. The van der Waals surface area contributed by atoms with Gasteiger partial charge in [-0.2, -0.15) is 11.8 Å². The zero-order valence-corrected chi connectivity index (χ0v) is 18.2. The van der Waals surface area contributed by atoms with E-state index in [9.17, 15) is 9.59 Å². The average molecular weight is 424 g/mol. The smallest absolute Gasteiger partial charge is 0.421 e. The van der Waals surface area contributed by atoms with Crippen molar-refractivity contribution in [2.45, 2.75) is 18.9 Å². The van der Waals surface area contributed by atoms with Gasteiger partial charge in [0.25, 0.3) is 0 Å². The molecular formula is C20H29N3O5S. The number of esters is 1. The number of thioether (sulfide) groups is 1. The standard InChI is InChI=1S/C20H29N3O5S/c1-22(2)9-7-14-12-23(18-11-15(26-3)5-6-16(14)18)20(25)28-13-27-19(24)17(21)8-10-29-4/h5-6,11-12,17H,7-10,13,21H2,1-4H3. The second-order valence-electron chi connectivity index (χ2n) is 6.84. The molecule has 0 radical (unpaired) electrons. The van der Waals surface area contributed by atoms with Crippen molar-refractivity contribution in [1.82, 2.24) is 9.47 Å². The molecule has 160 valence electrons. The van der Waals surface area contributed by atoms with Gasteiger partial charge >= 0.3 is 12.1 Å². The maximum Gasteiger partial charge on any atom is 0.421 e. The van der Waals surface area contributed by atoms with E-state index in [0.29, 0.717) is 17.7 Å². The van der Waals surface area contributed by atoms with Crippen molar-refractivity contribution in [1.29, 1.82) is 0 Å². The van der Waals surface area contributed by atoms with Crippen molar-refractivity contribution < 1.29 is 23.8 Å². The lowest BCUT2D eigenvalue weighted by atomic mass is 10.1. The first-order valence-electron chi connectivity index (χ1n) is 9.28. The molecule has 2 rings (SSSR count). The number of carbonyl (C=O) groups excluding carboxylic acids is 2. The van der Waals surface area contributed by atoms with E-state index in [0.717, 1.165) is 29.7 Å². The van der Waals surface area contributed by atoms with E-state index in [1.807, 2.05) is 32.5 Å². The molecule has 0 aliphatic rings. The fourth-order valence-corrected chi connectivity index (χ4v) is 3.27. The van der Waals surface area contributed by atoms with Gasteiger partial charge in [0.2, 0.25) is 6.79 Å². The van der Waals surface area contributed by atoms with E-state index in [1.54, 1.807) is 31.1 Å². The molecule has 8 nitrogen and oxygen atoms in total. The third kappa shape index (κ3) is 6.38. The minimum Gasteiger partial charge on any atom is -0.497 e. The Bertz CT molecular complexity index is 837. The second-order valence-corrected chi connectivity index (χ2v) is 7.83. The first-order chi connectivity index (χ1) is 13.9. The molecule has 1 atom stereocenters. The Morgan fingerprint density at radius 3 is 2.69 bits per heavy atom. The predicted octanol–water partition coefficient (Wildman–Crippen LogP) is 2.32. The number of likely N-dealkylation sites (N-methyl/N-ethyl adjacent to an activating group) is 1. The quantitative estimate of drug-likeness (QED) is 0.459. The molecule has 0 aliphatic heterocycles. The van der Waals surface area contributed by atoms with Crippen LogP contribution < -0.4 is 10.5 Å². The molecule has 1 aromatic carbocycles. The van der Waals surface area contributed by atoms with E-state index < -0.39 is 24.9 Å². The van der Waals surface area contributed by atoms with Crippen molar-refractivity contribution in [3.05, 3.63) is 30.0 Å². The number of nitrogens with zero attached hydrogens (tertiary/aromatic N) is 2. The van der Waals surface area contributed by atoms with Crippen molar-refractivity contribution in [3.63, 3.8) is 0 Å². The SMILES string of the molecule is COc1ccc2c(CCN(C)C)cn(C(=O)OCOC(=O)C(N)CCSC)c2c1. The fraction of sp³-hybridized carbons (Fsp3) is 0.500. The molecule has 9 heteroatoms. The van der Waals surface area contributed by atoms with Crippen molar-refractivity contribution >= 4 is 34.7 Å². The molecular weight excluding hydrogens is 394 g/mol. The monoisotopic (exact) mass is 423 g/mol. The summed E-state index contributed by atoms with van der Waals surface area (Å²) >= 11 is 1.60. The number of fused-ring (bicyclic) bond motifs is 1. The van der Waals surface area contributed by atoms with Crippen LogP contribution in [0.15, 0.2) is 24.4 Å². The topological polar surface area (TPSA) is 96.0 Å². The van der Waals surface area contributed by atoms with Crippen molar-refractivity contribution in [3.8, 4) is 5.75 Å². The van der Waals surface area contributed by atoms with Gasteiger partial charge in [0.05, 0.1) is 12.6 Å². The Balaban J connectivity index is 2.10. The Hall–Kier alpha value is -2.23. The van der Waals surface area contributed by atoms with E-state index >= 15 is 0 Å². The second kappa shape index (κ2) is 11.1. The Morgan fingerprint density at radius 2 is 2.03 bits per heavy atom. The predicted molar refractivity (Wildman–Crippen MR) is 115 cm³/mol. The lowest BCUT2D eigenvalue weighted by Gasteiger charge is -2.11. The lowest BCUT2D eigenvalue weighted by molar-refractivity contribution is -0.153. The molecule has 0 fully saturated rings. The Morgan fingerprint density at radius 1 is 1.28 bits per heavy atom. The number of methoxy groups -OCH3 is 1. The molecule has 0 saturated heterocycles. The van der Waals surface area contributed by atoms with Crippen LogP contribution in [0.3, 0.4) is 0 Å². The van der Waals surface area contributed by atoms with Gasteiger partial charge in [-0.05, 0) is 56.6 Å². The molecule has 2 N–H and O–H groups in total. The lowest BCUT2D eigenvalue weighted by Crippen LogP contribution is -2.33. The Kier molecular flexibility index (Phi) is 8.81. The van der Waals surface area contributed by atoms with Gasteiger partial charge in [0.1, 0.15) is 11.8 Å². The number of aromatic nitrogens is 1. The number of benzene rings is 1. The molecule has 0 saturated carbocycles. The summed E-state index contributed by atoms with van der Waals surface area (Å²) in [5.41, 5.74) is 7.44. The van der Waals surface area contributed by atoms with Crippen LogP contribution in [0.2, 0.25) is 0 Å². The minimum atomic E-state index is -0.726. The van der Waals surface area contributed by atoms with Crippen LogP contribution in [0.4, 0.5) is 4.79 Å². The van der Waals surface area contributed by atoms with Crippen LogP contribution in [-0.4, -0.2) is 74.1 Å². The zero-order valence-electron chi connectivity index (χ0n) is 17.3. The van der Waals surface area contributed by atoms with Gasteiger partial charge in [0.15, 0.2) is 0 Å². The molecule has 0 amide bonds. The minimum absolute atomic E-state index is 0.485. The van der Waals surface area contributed by atoms with Gasteiger partial charge in [-0.25, -0.2) is 4.79 Å². The average Bonchev–Trinajstić information content (AvgIpc) is 3.07. The highest BCUT2D eigenvalue weighted by atomic mass is 32.2. The van der Waals surface area contributed by atoms with Crippen molar-refractivity contribution in [2.24, 2.45) is 5.73 Å². The maximum atomic E-state index is 12.6. The summed E-state index contributed by atoms with van der Waals surface area (Å²) < 4.78 is 16.8. The molecule has 0 bridgehead atoms.